The van der Waals surface area contributed by atoms with E-state index in [2.05, 4.69) is 23.4 Å². The van der Waals surface area contributed by atoms with Crippen LogP contribution in [0, 0.1) is 34.1 Å². The molecule has 0 spiro atoms. The summed E-state index contributed by atoms with van der Waals surface area (Å²) in [5.74, 6) is -3.76. The fraction of sp³-hybridized carbons (Fsp3) is 0.111. The Morgan fingerprint density at radius 2 is 1.04 bits per heavy atom. The largest absolute Gasteiger partial charge is 0.403 e. The number of hydrogen-bond donors (Lipinski definition) is 0. The van der Waals surface area contributed by atoms with Crippen LogP contribution in [0.2, 0.25) is 10.0 Å². The number of nitro benzene ring substituents is 2. The van der Waals surface area contributed by atoms with Crippen molar-refractivity contribution in [1.29, 1.82) is 0 Å². The summed E-state index contributed by atoms with van der Waals surface area (Å²) in [4.78, 5) is 75.0. The predicted octanol–water partition coefficient (Wildman–Crippen LogP) is 7.09. The summed E-state index contributed by atoms with van der Waals surface area (Å²) < 4.78 is 13.8. The van der Waals surface area contributed by atoms with E-state index in [0.29, 0.717) is 0 Å². The molecule has 0 aliphatic rings. The van der Waals surface area contributed by atoms with Gasteiger partial charge in [0.2, 0.25) is 23.3 Å². The lowest BCUT2D eigenvalue weighted by atomic mass is 10.0. The molecule has 0 aliphatic carbocycles. The van der Waals surface area contributed by atoms with Gasteiger partial charge in [0.25, 0.3) is 11.4 Å². The van der Waals surface area contributed by atoms with Gasteiger partial charge in [-0.05, 0) is 50.2 Å². The number of allylic oxidation sites excluding steroid dienone is 2. The number of benzene rings is 3. The van der Waals surface area contributed by atoms with Gasteiger partial charge in [-0.25, -0.2) is 19.0 Å². The average molecular weight is 774 g/mol. The summed E-state index contributed by atoms with van der Waals surface area (Å²) in [6.45, 7) is 10.4. The van der Waals surface area contributed by atoms with Crippen LogP contribution in [-0.2, 0) is 13.1 Å². The number of rotatable bonds is 14. The average Bonchev–Trinajstić information content (AvgIpc) is 3.60. The molecule has 274 valence electrons. The van der Waals surface area contributed by atoms with Crippen LogP contribution in [0.1, 0.15) is 63.9 Å². The molecule has 54 heavy (non-hydrogen) atoms. The van der Waals surface area contributed by atoms with E-state index in [-0.39, 0.29) is 91.0 Å². The first kappa shape index (κ1) is 38.5. The molecule has 3 aromatic carbocycles. The lowest BCUT2D eigenvalue weighted by Gasteiger charge is -2.11. The van der Waals surface area contributed by atoms with Gasteiger partial charge in [-0.2, -0.15) is 10.2 Å². The number of non-ortho nitro benzene ring substituents is 2. The highest BCUT2D eigenvalue weighted by Gasteiger charge is 2.30. The molecule has 0 unspecified atom stereocenters. The first-order chi connectivity index (χ1) is 25.7. The molecule has 18 heteroatoms. The van der Waals surface area contributed by atoms with E-state index in [1.807, 2.05) is 0 Å². The number of nitrogens with zero attached hydrogens (tertiary/aromatic N) is 6. The van der Waals surface area contributed by atoms with Crippen LogP contribution in [0.4, 0.5) is 11.4 Å². The number of esters is 2. The van der Waals surface area contributed by atoms with Crippen molar-refractivity contribution in [3.63, 3.8) is 0 Å². The maximum atomic E-state index is 13.6. The summed E-state index contributed by atoms with van der Waals surface area (Å²) in [6, 6.07) is 11.7. The topological polar surface area (TPSA) is 209 Å². The molecule has 16 nitrogen and oxygen atoms in total. The summed E-state index contributed by atoms with van der Waals surface area (Å²) >= 11 is 12.4. The van der Waals surface area contributed by atoms with Crippen LogP contribution in [0.5, 0.6) is 11.8 Å². The molecular weight excluding hydrogens is 747 g/mol. The standard InChI is InChI=1S/C36H26Cl2N6O10/c1-5-15-41-33(29(19(3)39-41)31(45)25-13-11-23(43(49)50)17-27(25)37)53-35(47)21-7-9-22(10-8-21)36(48)54-34-30(20(4)40-42(34)16-6-2)32(46)26-14-12-24(44(51)52)18-28(26)38/h5-14,17-18H,1-2,15-16H2,3-4H3. The molecule has 5 aromatic rings. The number of carbonyl (C=O) groups is 4. The van der Waals surface area contributed by atoms with Crippen molar-refractivity contribution < 1.29 is 38.5 Å². The van der Waals surface area contributed by atoms with Crippen molar-refractivity contribution in [3.05, 3.63) is 161 Å². The van der Waals surface area contributed by atoms with Crippen LogP contribution in [0.25, 0.3) is 0 Å². The highest BCUT2D eigenvalue weighted by atomic mass is 35.5. The Morgan fingerprint density at radius 1 is 0.685 bits per heavy atom. The van der Waals surface area contributed by atoms with Crippen molar-refractivity contribution >= 4 is 58.1 Å². The molecular formula is C36H26Cl2N6O10. The summed E-state index contributed by atoms with van der Waals surface area (Å²) in [5, 5.41) is 30.5. The Balaban J connectivity index is 1.41. The number of aromatic nitrogens is 4. The Bertz CT molecular complexity index is 2250. The van der Waals surface area contributed by atoms with E-state index in [4.69, 9.17) is 32.7 Å². The van der Waals surface area contributed by atoms with Crippen molar-refractivity contribution in [2.75, 3.05) is 0 Å². The Kier molecular flexibility index (Phi) is 11.3. The molecule has 0 saturated heterocycles. The second kappa shape index (κ2) is 15.9. The number of nitro groups is 2. The molecule has 0 radical (unpaired) electrons. The minimum Gasteiger partial charge on any atom is -0.403 e. The van der Waals surface area contributed by atoms with Gasteiger partial charge < -0.3 is 9.47 Å². The number of halogens is 2. The Labute approximate surface area is 315 Å². The highest BCUT2D eigenvalue weighted by molar-refractivity contribution is 6.36. The van der Waals surface area contributed by atoms with Crippen molar-refractivity contribution in [2.45, 2.75) is 26.9 Å². The molecule has 0 N–H and O–H groups in total. The van der Waals surface area contributed by atoms with Gasteiger partial charge in [0.1, 0.15) is 11.1 Å². The van der Waals surface area contributed by atoms with E-state index < -0.39 is 33.4 Å². The van der Waals surface area contributed by atoms with E-state index in [1.165, 1.54) is 71.8 Å². The molecule has 0 saturated carbocycles. The third kappa shape index (κ3) is 7.69. The number of ether oxygens (including phenoxy) is 2. The molecule has 0 aliphatic heterocycles. The van der Waals surface area contributed by atoms with Crippen molar-refractivity contribution in [1.82, 2.24) is 19.6 Å². The zero-order chi connectivity index (χ0) is 39.4. The lowest BCUT2D eigenvalue weighted by molar-refractivity contribution is -0.385. The van der Waals surface area contributed by atoms with Gasteiger partial charge in [0.15, 0.2) is 0 Å². The van der Waals surface area contributed by atoms with Crippen molar-refractivity contribution in [2.24, 2.45) is 0 Å². The molecule has 5 rings (SSSR count). The zero-order valence-electron chi connectivity index (χ0n) is 28.3. The maximum absolute atomic E-state index is 13.6. The predicted molar refractivity (Wildman–Crippen MR) is 194 cm³/mol. The molecule has 2 aromatic heterocycles. The van der Waals surface area contributed by atoms with Gasteiger partial charge in [-0.3, -0.25) is 29.8 Å². The van der Waals surface area contributed by atoms with Gasteiger partial charge in [0, 0.05) is 35.4 Å². The van der Waals surface area contributed by atoms with E-state index in [1.54, 1.807) is 0 Å². The second-order valence-electron chi connectivity index (χ2n) is 11.3. The minimum atomic E-state index is -0.934. The van der Waals surface area contributed by atoms with Crippen LogP contribution < -0.4 is 9.47 Å². The van der Waals surface area contributed by atoms with Gasteiger partial charge in [-0.1, -0.05) is 35.4 Å². The maximum Gasteiger partial charge on any atom is 0.344 e. The molecule has 0 atom stereocenters. The lowest BCUT2D eigenvalue weighted by Crippen LogP contribution is -2.17. The van der Waals surface area contributed by atoms with Gasteiger partial charge in [-0.15, -0.1) is 13.2 Å². The molecule has 0 amide bonds. The SMILES string of the molecule is C=CCn1nc(C)c(C(=O)c2ccc([N+](=O)[O-])cc2Cl)c1OC(=O)c1ccc(C(=O)Oc2c(C(=O)c3ccc([N+](=O)[O-])cc3Cl)c(C)nn2CC=C)cc1. The third-order valence-electron chi connectivity index (χ3n) is 7.77. The van der Waals surface area contributed by atoms with Gasteiger partial charge in [0.05, 0.1) is 55.5 Å². The fourth-order valence-electron chi connectivity index (χ4n) is 5.25. The molecule has 0 bridgehead atoms. The van der Waals surface area contributed by atoms with E-state index >= 15 is 0 Å². The number of ketones is 2. The Morgan fingerprint density at radius 3 is 1.33 bits per heavy atom. The zero-order valence-corrected chi connectivity index (χ0v) is 29.8. The summed E-state index contributed by atoms with van der Waals surface area (Å²) in [6.07, 6.45) is 2.92. The summed E-state index contributed by atoms with van der Waals surface area (Å²) in [7, 11) is 0. The molecule has 2 heterocycles. The van der Waals surface area contributed by atoms with Crippen LogP contribution in [0.15, 0.2) is 86.0 Å². The molecule has 0 fully saturated rings. The number of hydrogen-bond acceptors (Lipinski definition) is 12. The normalized spacial score (nSPS) is 10.7. The van der Waals surface area contributed by atoms with Crippen molar-refractivity contribution in [3.8, 4) is 11.8 Å². The van der Waals surface area contributed by atoms with Gasteiger partial charge >= 0.3 is 11.9 Å². The summed E-state index contributed by atoms with van der Waals surface area (Å²) in [5.41, 5.74) is -0.795. The minimum absolute atomic E-state index is 0.0400. The van der Waals surface area contributed by atoms with E-state index in [0.717, 1.165) is 24.3 Å². The second-order valence-corrected chi connectivity index (χ2v) is 12.1. The number of carbonyl (C=O) groups excluding carboxylic acids is 4. The highest BCUT2D eigenvalue weighted by Crippen LogP contribution is 2.33. The number of aryl methyl sites for hydroxylation is 2. The van der Waals surface area contributed by atoms with Crippen LogP contribution in [0.3, 0.4) is 0 Å². The third-order valence-corrected chi connectivity index (χ3v) is 8.40. The quantitative estimate of drug-likeness (QED) is 0.0364. The van der Waals surface area contributed by atoms with E-state index in [9.17, 15) is 39.4 Å². The smallest absolute Gasteiger partial charge is 0.344 e. The van der Waals surface area contributed by atoms with Crippen LogP contribution in [-0.4, -0.2) is 52.9 Å². The first-order valence-corrected chi connectivity index (χ1v) is 16.3. The van der Waals surface area contributed by atoms with Crippen LogP contribution >= 0.6 is 23.2 Å². The fourth-order valence-corrected chi connectivity index (χ4v) is 5.77. The monoisotopic (exact) mass is 772 g/mol. The Hall–Kier alpha value is -6.78. The first-order valence-electron chi connectivity index (χ1n) is 15.5.